The van der Waals surface area contributed by atoms with Gasteiger partial charge < -0.3 is 15.4 Å². The highest BCUT2D eigenvalue weighted by atomic mass is 16.5. The SMILES string of the molecule is Cc1ccc(CNC(=O)N[C@@H]2[C@@H]3CCO[C@@H]3C2(C)C)cn1. The summed E-state index contributed by atoms with van der Waals surface area (Å²) < 4.78 is 5.74. The number of carbonyl (C=O) groups excluding carboxylic acids is 1. The minimum Gasteiger partial charge on any atom is -0.377 e. The van der Waals surface area contributed by atoms with Crippen LogP contribution in [0.4, 0.5) is 4.79 Å². The third-order valence-electron chi connectivity index (χ3n) is 4.81. The molecule has 1 aromatic rings. The van der Waals surface area contributed by atoms with E-state index >= 15 is 0 Å². The van der Waals surface area contributed by atoms with Gasteiger partial charge in [0.05, 0.1) is 6.10 Å². The third-order valence-corrected chi connectivity index (χ3v) is 4.81. The van der Waals surface area contributed by atoms with Crippen molar-refractivity contribution in [2.45, 2.75) is 45.9 Å². The second-order valence-corrected chi connectivity index (χ2v) is 6.68. The molecule has 2 heterocycles. The molecule has 0 radical (unpaired) electrons. The van der Waals surface area contributed by atoms with E-state index in [4.69, 9.17) is 4.74 Å². The van der Waals surface area contributed by atoms with E-state index in [-0.39, 0.29) is 17.5 Å². The van der Waals surface area contributed by atoms with Crippen LogP contribution < -0.4 is 10.6 Å². The number of carbonyl (C=O) groups is 1. The van der Waals surface area contributed by atoms with Crippen LogP contribution in [0.5, 0.6) is 0 Å². The van der Waals surface area contributed by atoms with Gasteiger partial charge in [-0.3, -0.25) is 4.98 Å². The van der Waals surface area contributed by atoms with Crippen molar-refractivity contribution in [2.24, 2.45) is 11.3 Å². The van der Waals surface area contributed by atoms with Crippen LogP contribution >= 0.6 is 0 Å². The summed E-state index contributed by atoms with van der Waals surface area (Å²) in [4.78, 5) is 16.3. The maximum atomic E-state index is 12.1. The smallest absolute Gasteiger partial charge is 0.315 e. The van der Waals surface area contributed by atoms with Crippen molar-refractivity contribution in [2.75, 3.05) is 6.61 Å². The number of rotatable bonds is 3. The predicted octanol–water partition coefficient (Wildman–Crippen LogP) is 2.00. The van der Waals surface area contributed by atoms with Crippen molar-refractivity contribution in [3.8, 4) is 0 Å². The monoisotopic (exact) mass is 289 g/mol. The summed E-state index contributed by atoms with van der Waals surface area (Å²) in [7, 11) is 0. The van der Waals surface area contributed by atoms with Crippen LogP contribution in [0.15, 0.2) is 18.3 Å². The second-order valence-electron chi connectivity index (χ2n) is 6.68. The maximum absolute atomic E-state index is 12.1. The number of aryl methyl sites for hydroxylation is 1. The first-order chi connectivity index (χ1) is 9.98. The molecule has 0 unspecified atom stereocenters. The van der Waals surface area contributed by atoms with Gasteiger partial charge in [-0.1, -0.05) is 19.9 Å². The first-order valence-corrected chi connectivity index (χ1v) is 7.56. The standard InChI is InChI=1S/C16H23N3O2/c1-10-4-5-11(8-17-10)9-18-15(20)19-13-12-6-7-21-14(12)16(13,2)3/h4-5,8,12-14H,6-7,9H2,1-3H3,(H2,18,19,20)/t12-,13+,14-/m0/s1. The third kappa shape index (κ3) is 2.62. The summed E-state index contributed by atoms with van der Waals surface area (Å²) >= 11 is 0. The average molecular weight is 289 g/mol. The molecule has 5 heteroatoms. The molecular weight excluding hydrogens is 266 g/mol. The number of hydrogen-bond donors (Lipinski definition) is 2. The Balaban J connectivity index is 1.51. The lowest BCUT2D eigenvalue weighted by Gasteiger charge is -2.54. The summed E-state index contributed by atoms with van der Waals surface area (Å²) in [6.07, 6.45) is 3.13. The molecule has 0 aromatic carbocycles. The fourth-order valence-corrected chi connectivity index (χ4v) is 3.59. The molecule has 1 aliphatic heterocycles. The van der Waals surface area contributed by atoms with Crippen molar-refractivity contribution in [1.29, 1.82) is 0 Å². The highest BCUT2D eigenvalue weighted by Crippen LogP contribution is 2.51. The number of ether oxygens (including phenoxy) is 1. The van der Waals surface area contributed by atoms with Gasteiger partial charge in [-0.2, -0.15) is 0 Å². The summed E-state index contributed by atoms with van der Waals surface area (Å²) in [6, 6.07) is 4.02. The van der Waals surface area contributed by atoms with Crippen molar-refractivity contribution < 1.29 is 9.53 Å². The zero-order chi connectivity index (χ0) is 15.0. The fourth-order valence-electron chi connectivity index (χ4n) is 3.59. The van der Waals surface area contributed by atoms with Gasteiger partial charge in [-0.15, -0.1) is 0 Å². The van der Waals surface area contributed by atoms with Crippen molar-refractivity contribution in [1.82, 2.24) is 15.6 Å². The summed E-state index contributed by atoms with van der Waals surface area (Å²) in [5, 5.41) is 6.01. The van der Waals surface area contributed by atoms with Gasteiger partial charge in [0.1, 0.15) is 0 Å². The van der Waals surface area contributed by atoms with Gasteiger partial charge in [0.2, 0.25) is 0 Å². The van der Waals surface area contributed by atoms with Gasteiger partial charge in [0.15, 0.2) is 0 Å². The summed E-state index contributed by atoms with van der Waals surface area (Å²) in [6.45, 7) is 7.58. The molecule has 1 aliphatic carbocycles. The molecule has 2 fully saturated rings. The Hall–Kier alpha value is -1.62. The lowest BCUT2D eigenvalue weighted by atomic mass is 9.57. The van der Waals surface area contributed by atoms with Crippen LogP contribution in [0, 0.1) is 18.3 Å². The first-order valence-electron chi connectivity index (χ1n) is 7.56. The normalized spacial score (nSPS) is 29.4. The van der Waals surface area contributed by atoms with E-state index in [1.165, 1.54) is 0 Å². The molecule has 2 aliphatic rings. The quantitative estimate of drug-likeness (QED) is 0.894. The predicted molar refractivity (Wildman–Crippen MR) is 79.8 cm³/mol. The van der Waals surface area contributed by atoms with E-state index in [9.17, 15) is 4.79 Å². The number of amides is 2. The van der Waals surface area contributed by atoms with Gasteiger partial charge in [-0.25, -0.2) is 4.79 Å². The van der Waals surface area contributed by atoms with Crippen LogP contribution in [0.1, 0.15) is 31.5 Å². The van der Waals surface area contributed by atoms with Crippen LogP contribution in [-0.2, 0) is 11.3 Å². The van der Waals surface area contributed by atoms with Crippen LogP contribution in [-0.4, -0.2) is 29.8 Å². The Bertz CT molecular complexity index is 527. The number of hydrogen-bond acceptors (Lipinski definition) is 3. The molecule has 21 heavy (non-hydrogen) atoms. The fraction of sp³-hybridized carbons (Fsp3) is 0.625. The Kier molecular flexibility index (Phi) is 3.61. The Morgan fingerprint density at radius 1 is 1.48 bits per heavy atom. The van der Waals surface area contributed by atoms with Gasteiger partial charge >= 0.3 is 6.03 Å². The number of urea groups is 1. The Labute approximate surface area is 125 Å². The highest BCUT2D eigenvalue weighted by molar-refractivity contribution is 5.74. The molecular formula is C16H23N3O2. The average Bonchev–Trinajstić information content (AvgIpc) is 2.91. The van der Waals surface area contributed by atoms with Gasteiger partial charge in [-0.05, 0) is 25.0 Å². The van der Waals surface area contributed by atoms with Crippen molar-refractivity contribution >= 4 is 6.03 Å². The van der Waals surface area contributed by atoms with Gasteiger partial charge in [0, 0.05) is 42.4 Å². The lowest BCUT2D eigenvalue weighted by Crippen LogP contribution is -2.67. The molecule has 1 saturated carbocycles. The first kappa shape index (κ1) is 14.3. The molecule has 0 spiro atoms. The topological polar surface area (TPSA) is 63.2 Å². The Morgan fingerprint density at radius 3 is 3.00 bits per heavy atom. The molecule has 114 valence electrons. The molecule has 3 rings (SSSR count). The van der Waals surface area contributed by atoms with E-state index in [0.29, 0.717) is 18.6 Å². The molecule has 2 N–H and O–H groups in total. The summed E-state index contributed by atoms with van der Waals surface area (Å²) in [5.74, 6) is 0.465. The molecule has 0 bridgehead atoms. The van der Waals surface area contributed by atoms with E-state index < -0.39 is 0 Å². The molecule has 2 amide bonds. The van der Waals surface area contributed by atoms with Gasteiger partial charge in [0.25, 0.3) is 0 Å². The van der Waals surface area contributed by atoms with E-state index in [0.717, 1.165) is 24.3 Å². The molecule has 1 saturated heterocycles. The molecule has 1 aromatic heterocycles. The number of nitrogens with zero attached hydrogens (tertiary/aromatic N) is 1. The minimum atomic E-state index is -0.112. The van der Waals surface area contributed by atoms with Crippen LogP contribution in [0.3, 0.4) is 0 Å². The number of nitrogens with one attached hydrogen (secondary N) is 2. The molecule has 3 atom stereocenters. The number of fused-ring (bicyclic) bond motifs is 1. The largest absolute Gasteiger partial charge is 0.377 e. The van der Waals surface area contributed by atoms with Crippen molar-refractivity contribution in [3.63, 3.8) is 0 Å². The zero-order valence-electron chi connectivity index (χ0n) is 12.8. The highest BCUT2D eigenvalue weighted by Gasteiger charge is 2.59. The Morgan fingerprint density at radius 2 is 2.29 bits per heavy atom. The second kappa shape index (κ2) is 5.30. The van der Waals surface area contributed by atoms with E-state index in [1.54, 1.807) is 6.20 Å². The van der Waals surface area contributed by atoms with E-state index in [1.807, 2.05) is 19.1 Å². The number of pyridine rings is 1. The maximum Gasteiger partial charge on any atom is 0.315 e. The van der Waals surface area contributed by atoms with E-state index in [2.05, 4.69) is 29.5 Å². The lowest BCUT2D eigenvalue weighted by molar-refractivity contribution is -0.108. The zero-order valence-corrected chi connectivity index (χ0v) is 12.8. The van der Waals surface area contributed by atoms with Crippen molar-refractivity contribution in [3.05, 3.63) is 29.6 Å². The van der Waals surface area contributed by atoms with Crippen LogP contribution in [0.2, 0.25) is 0 Å². The number of aromatic nitrogens is 1. The van der Waals surface area contributed by atoms with Crippen LogP contribution in [0.25, 0.3) is 0 Å². The minimum absolute atomic E-state index is 0.0178. The molecule has 5 nitrogen and oxygen atoms in total. The summed E-state index contributed by atoms with van der Waals surface area (Å²) in [5.41, 5.74) is 2.00.